The Bertz CT molecular complexity index is 636. The van der Waals surface area contributed by atoms with Crippen molar-refractivity contribution in [3.63, 3.8) is 0 Å². The largest absolute Gasteiger partial charge is 0.261 e. The van der Waals surface area contributed by atoms with Gasteiger partial charge in [0.05, 0.1) is 6.07 Å². The second-order valence-corrected chi connectivity index (χ2v) is 7.81. The van der Waals surface area contributed by atoms with Gasteiger partial charge in [-0.15, -0.1) is 5.10 Å². The quantitative estimate of drug-likeness (QED) is 0.862. The minimum Gasteiger partial charge on any atom is -0.235 e. The smallest absolute Gasteiger partial charge is 0.235 e. The number of hydrogen-bond acceptors (Lipinski definition) is 5. The highest BCUT2D eigenvalue weighted by atomic mass is 79.9. The van der Waals surface area contributed by atoms with Gasteiger partial charge < -0.3 is 0 Å². The van der Waals surface area contributed by atoms with Gasteiger partial charge in [-0.2, -0.15) is 9.98 Å². The Morgan fingerprint density at radius 3 is 2.57 bits per heavy atom. The molecule has 0 radical (unpaired) electrons. The van der Waals surface area contributed by atoms with Gasteiger partial charge in [-0.1, -0.05) is 18.6 Å². The van der Waals surface area contributed by atoms with E-state index in [4.69, 9.17) is 0 Å². The number of nitrogens with zero attached hydrogens (tertiary/aromatic N) is 4. The van der Waals surface area contributed by atoms with Gasteiger partial charge in [-0.25, -0.2) is 13.1 Å². The third-order valence-corrected chi connectivity index (χ3v) is 6.49. The summed E-state index contributed by atoms with van der Waals surface area (Å²) in [6.07, 6.45) is 3.84. The minimum atomic E-state index is -3.85. The molecule has 1 heterocycles. The fourth-order valence-corrected chi connectivity index (χ4v) is 5.20. The predicted octanol–water partition coefficient (Wildman–Crippen LogP) is 1.72. The van der Waals surface area contributed by atoms with Crippen LogP contribution in [0.2, 0.25) is 0 Å². The maximum Gasteiger partial charge on any atom is 0.261 e. The van der Waals surface area contributed by atoms with E-state index < -0.39 is 15.6 Å². The van der Waals surface area contributed by atoms with Crippen molar-refractivity contribution in [1.29, 1.82) is 5.26 Å². The number of aromatic nitrogens is 3. The van der Waals surface area contributed by atoms with E-state index in [1.165, 1.54) is 11.7 Å². The molecular weight excluding hydrogens is 358 g/mol. The zero-order valence-electron chi connectivity index (χ0n) is 12.0. The summed E-state index contributed by atoms with van der Waals surface area (Å²) in [5, 5.41) is 16.8. The lowest BCUT2D eigenvalue weighted by Gasteiger charge is -2.34. The number of nitriles is 1. The second-order valence-electron chi connectivity index (χ2n) is 5.46. The number of sulfonamides is 1. The summed E-state index contributed by atoms with van der Waals surface area (Å²) in [6.45, 7) is 2.12. The molecule has 1 aliphatic carbocycles. The molecule has 1 aromatic rings. The van der Waals surface area contributed by atoms with Gasteiger partial charge in [0.1, 0.15) is 5.54 Å². The van der Waals surface area contributed by atoms with Crippen LogP contribution < -0.4 is 4.72 Å². The van der Waals surface area contributed by atoms with Crippen molar-refractivity contribution in [3.05, 3.63) is 4.60 Å². The van der Waals surface area contributed by atoms with Gasteiger partial charge in [0.25, 0.3) is 10.0 Å². The van der Waals surface area contributed by atoms with Crippen molar-refractivity contribution in [2.75, 3.05) is 0 Å². The second kappa shape index (κ2) is 6.02. The van der Waals surface area contributed by atoms with Crippen LogP contribution in [0.1, 0.15) is 39.0 Å². The van der Waals surface area contributed by atoms with Crippen molar-refractivity contribution in [3.8, 4) is 6.07 Å². The first-order chi connectivity index (χ1) is 9.83. The molecular formula is C12H18BrN5O2S. The summed E-state index contributed by atoms with van der Waals surface area (Å²) in [5.74, 6) is 0.570. The molecule has 1 fully saturated rings. The van der Waals surface area contributed by atoms with E-state index in [2.05, 4.69) is 44.0 Å². The third kappa shape index (κ3) is 3.27. The fourth-order valence-electron chi connectivity index (χ4n) is 2.73. The molecule has 0 amide bonds. The molecule has 1 aliphatic rings. The molecule has 0 aliphatic heterocycles. The molecule has 21 heavy (non-hydrogen) atoms. The first-order valence-corrected chi connectivity index (χ1v) is 9.11. The van der Waals surface area contributed by atoms with Crippen LogP contribution in [-0.4, -0.2) is 29.0 Å². The van der Waals surface area contributed by atoms with E-state index in [1.54, 1.807) is 0 Å². The Morgan fingerprint density at radius 2 is 2.14 bits per heavy atom. The van der Waals surface area contributed by atoms with Gasteiger partial charge in [-0.05, 0) is 47.5 Å². The van der Waals surface area contributed by atoms with E-state index in [9.17, 15) is 13.7 Å². The van der Waals surface area contributed by atoms with Crippen LogP contribution in [0.4, 0.5) is 0 Å². The highest BCUT2D eigenvalue weighted by molar-refractivity contribution is 9.10. The molecule has 0 atom stereocenters. The Kier molecular flexibility index (Phi) is 4.70. The Morgan fingerprint density at radius 1 is 1.52 bits per heavy atom. The summed E-state index contributed by atoms with van der Waals surface area (Å²) >= 11 is 3.08. The number of halogens is 1. The van der Waals surface area contributed by atoms with Gasteiger partial charge in [0.2, 0.25) is 5.03 Å². The molecule has 2 rings (SSSR count). The van der Waals surface area contributed by atoms with Crippen molar-refractivity contribution in [2.24, 2.45) is 13.0 Å². The van der Waals surface area contributed by atoms with Crippen molar-refractivity contribution in [1.82, 2.24) is 19.7 Å². The lowest BCUT2D eigenvalue weighted by molar-refractivity contribution is 0.259. The molecule has 0 bridgehead atoms. The summed E-state index contributed by atoms with van der Waals surface area (Å²) in [7, 11) is -2.35. The van der Waals surface area contributed by atoms with E-state index in [0.717, 1.165) is 19.3 Å². The highest BCUT2D eigenvalue weighted by Crippen LogP contribution is 2.34. The lowest BCUT2D eigenvalue weighted by Crippen LogP contribution is -2.49. The summed E-state index contributed by atoms with van der Waals surface area (Å²) < 4.78 is 28.9. The molecule has 1 N–H and O–H groups in total. The van der Waals surface area contributed by atoms with Crippen LogP contribution in [0, 0.1) is 17.2 Å². The Balaban J connectivity index is 2.25. The molecule has 0 saturated heterocycles. The zero-order valence-corrected chi connectivity index (χ0v) is 14.4. The van der Waals surface area contributed by atoms with Crippen LogP contribution in [0.3, 0.4) is 0 Å². The highest BCUT2D eigenvalue weighted by Gasteiger charge is 2.40. The number of nitrogens with one attached hydrogen (secondary N) is 1. The molecule has 0 unspecified atom stereocenters. The maximum atomic E-state index is 12.5. The SMILES string of the molecule is CCC1CCC(C#N)(NS(=O)(=O)c2c(Br)nnn2C)CC1. The number of rotatable bonds is 4. The maximum absolute atomic E-state index is 12.5. The Labute approximate surface area is 132 Å². The van der Waals surface area contributed by atoms with Gasteiger partial charge in [0.15, 0.2) is 4.60 Å². The average molecular weight is 376 g/mol. The minimum absolute atomic E-state index is 0.0604. The molecule has 116 valence electrons. The van der Waals surface area contributed by atoms with E-state index in [0.29, 0.717) is 18.8 Å². The molecule has 7 nitrogen and oxygen atoms in total. The van der Waals surface area contributed by atoms with Crippen molar-refractivity contribution >= 4 is 26.0 Å². The van der Waals surface area contributed by atoms with Crippen LogP contribution >= 0.6 is 15.9 Å². The van der Waals surface area contributed by atoms with Crippen molar-refractivity contribution < 1.29 is 8.42 Å². The zero-order chi connectivity index (χ0) is 15.7. The summed E-state index contributed by atoms with van der Waals surface area (Å²) in [4.78, 5) is 0. The van der Waals surface area contributed by atoms with Crippen LogP contribution in [0.15, 0.2) is 9.63 Å². The van der Waals surface area contributed by atoms with E-state index in [-0.39, 0.29) is 9.63 Å². The standard InChI is InChI=1S/C12H18BrN5O2S/c1-3-9-4-6-12(8-14,7-5-9)16-21(19,20)11-10(13)15-17-18(11)2/h9,16H,3-7H2,1-2H3. The fraction of sp³-hybridized carbons (Fsp3) is 0.750. The lowest BCUT2D eigenvalue weighted by atomic mass is 9.77. The number of aryl methyl sites for hydroxylation is 1. The van der Waals surface area contributed by atoms with Crippen LogP contribution in [0.5, 0.6) is 0 Å². The van der Waals surface area contributed by atoms with E-state index in [1.807, 2.05) is 0 Å². The summed E-state index contributed by atoms with van der Waals surface area (Å²) in [6, 6.07) is 2.16. The molecule has 0 aromatic carbocycles. The average Bonchev–Trinajstić information content (AvgIpc) is 2.79. The van der Waals surface area contributed by atoms with Crippen molar-refractivity contribution in [2.45, 2.75) is 49.6 Å². The summed E-state index contributed by atoms with van der Waals surface area (Å²) in [5.41, 5.74) is -1.03. The van der Waals surface area contributed by atoms with Crippen LogP contribution in [-0.2, 0) is 17.1 Å². The normalized spacial score (nSPS) is 26.5. The van der Waals surface area contributed by atoms with Gasteiger partial charge in [-0.3, -0.25) is 0 Å². The molecule has 1 aromatic heterocycles. The third-order valence-electron chi connectivity index (χ3n) is 4.07. The molecule has 1 saturated carbocycles. The first kappa shape index (κ1) is 16.4. The topological polar surface area (TPSA) is 101 Å². The van der Waals surface area contributed by atoms with Crippen LogP contribution in [0.25, 0.3) is 0 Å². The Hall–Kier alpha value is -0.980. The predicted molar refractivity (Wildman–Crippen MR) is 79.6 cm³/mol. The van der Waals surface area contributed by atoms with E-state index >= 15 is 0 Å². The van der Waals surface area contributed by atoms with Gasteiger partial charge >= 0.3 is 0 Å². The number of hydrogen-bond donors (Lipinski definition) is 1. The molecule has 0 spiro atoms. The first-order valence-electron chi connectivity index (χ1n) is 6.84. The molecule has 9 heteroatoms. The van der Waals surface area contributed by atoms with Gasteiger partial charge in [0, 0.05) is 7.05 Å². The monoisotopic (exact) mass is 375 g/mol.